The van der Waals surface area contributed by atoms with Crippen molar-refractivity contribution in [1.82, 2.24) is 24.6 Å². The molecule has 2 amide bonds. The van der Waals surface area contributed by atoms with E-state index in [4.69, 9.17) is 9.84 Å². The lowest BCUT2D eigenvalue weighted by Crippen LogP contribution is -2.42. The maximum absolute atomic E-state index is 12.8. The number of likely N-dealkylation sites (tertiary alicyclic amines) is 1. The second-order valence-electron chi connectivity index (χ2n) is 7.51. The van der Waals surface area contributed by atoms with Gasteiger partial charge in [0.15, 0.2) is 0 Å². The summed E-state index contributed by atoms with van der Waals surface area (Å²) in [5, 5.41) is 16.0. The largest absolute Gasteiger partial charge is 0.494 e. The molecule has 0 radical (unpaired) electrons. The summed E-state index contributed by atoms with van der Waals surface area (Å²) >= 11 is 0. The zero-order valence-electron chi connectivity index (χ0n) is 16.9. The van der Waals surface area contributed by atoms with Crippen LogP contribution in [0.5, 0.6) is 5.75 Å². The Bertz CT molecular complexity index is 1090. The molecule has 2 aromatic heterocycles. The van der Waals surface area contributed by atoms with Crippen LogP contribution in [0.4, 0.5) is 10.7 Å². The molecule has 3 aromatic rings. The Morgan fingerprint density at radius 1 is 1.40 bits per heavy atom. The number of carboxylic acid groups (broad SMARTS) is 1. The van der Waals surface area contributed by atoms with Gasteiger partial charge in [-0.15, -0.1) is 0 Å². The van der Waals surface area contributed by atoms with Gasteiger partial charge in [-0.25, -0.2) is 9.78 Å². The number of carboxylic acids is 1. The number of aryl methyl sites for hydroxylation is 1. The fourth-order valence-corrected chi connectivity index (χ4v) is 3.93. The van der Waals surface area contributed by atoms with Crippen LogP contribution >= 0.6 is 0 Å². The summed E-state index contributed by atoms with van der Waals surface area (Å²) in [6.07, 6.45) is 5.31. The van der Waals surface area contributed by atoms with Crippen LogP contribution in [0.1, 0.15) is 19.3 Å². The normalized spacial score (nSPS) is 16.6. The summed E-state index contributed by atoms with van der Waals surface area (Å²) in [4.78, 5) is 33.1. The van der Waals surface area contributed by atoms with E-state index in [1.54, 1.807) is 22.9 Å². The molecule has 4 rings (SSSR count). The highest BCUT2D eigenvalue weighted by Gasteiger charge is 2.26. The van der Waals surface area contributed by atoms with Crippen molar-refractivity contribution < 1.29 is 19.4 Å². The lowest BCUT2D eigenvalue weighted by Gasteiger charge is -2.31. The van der Waals surface area contributed by atoms with Crippen LogP contribution in [0.15, 0.2) is 24.5 Å². The van der Waals surface area contributed by atoms with Gasteiger partial charge in [-0.2, -0.15) is 5.10 Å². The van der Waals surface area contributed by atoms with Crippen molar-refractivity contribution in [3.05, 3.63) is 24.5 Å². The molecule has 1 aromatic carbocycles. The highest BCUT2D eigenvalue weighted by Crippen LogP contribution is 2.33. The van der Waals surface area contributed by atoms with E-state index in [0.29, 0.717) is 35.8 Å². The van der Waals surface area contributed by atoms with Crippen LogP contribution < -0.4 is 10.1 Å². The number of nitrogens with zero attached hydrogens (tertiary/aromatic N) is 4. The summed E-state index contributed by atoms with van der Waals surface area (Å²) in [6.45, 7) is 1.01. The van der Waals surface area contributed by atoms with E-state index >= 15 is 0 Å². The molecule has 1 fully saturated rings. The molecule has 10 nitrogen and oxygen atoms in total. The first kappa shape index (κ1) is 19.7. The number of benzene rings is 1. The number of H-pyrrole nitrogens is 1. The van der Waals surface area contributed by atoms with Crippen molar-refractivity contribution in [3.8, 4) is 16.9 Å². The van der Waals surface area contributed by atoms with E-state index in [1.807, 2.05) is 25.4 Å². The summed E-state index contributed by atoms with van der Waals surface area (Å²) < 4.78 is 7.15. The molecule has 3 heterocycles. The highest BCUT2D eigenvalue weighted by atomic mass is 16.5. The Labute approximate surface area is 172 Å². The van der Waals surface area contributed by atoms with Gasteiger partial charge in [-0.05, 0) is 30.9 Å². The van der Waals surface area contributed by atoms with Gasteiger partial charge in [-0.1, -0.05) is 0 Å². The molecule has 0 aliphatic carbocycles. The van der Waals surface area contributed by atoms with Crippen LogP contribution in [0.25, 0.3) is 22.2 Å². The Morgan fingerprint density at radius 3 is 2.93 bits per heavy atom. The van der Waals surface area contributed by atoms with Crippen LogP contribution in [0.2, 0.25) is 0 Å². The number of urea groups is 1. The average molecular weight is 412 g/mol. The summed E-state index contributed by atoms with van der Waals surface area (Å²) in [7, 11) is 3.42. The fourth-order valence-electron chi connectivity index (χ4n) is 3.93. The average Bonchev–Trinajstić information content (AvgIpc) is 3.33. The zero-order valence-corrected chi connectivity index (χ0v) is 16.9. The van der Waals surface area contributed by atoms with Gasteiger partial charge in [0.2, 0.25) is 5.95 Å². The van der Waals surface area contributed by atoms with Gasteiger partial charge in [-0.3, -0.25) is 14.8 Å². The van der Waals surface area contributed by atoms with E-state index in [1.165, 1.54) is 0 Å². The predicted octanol–water partition coefficient (Wildman–Crippen LogP) is 2.69. The van der Waals surface area contributed by atoms with E-state index in [-0.39, 0.29) is 18.4 Å². The zero-order chi connectivity index (χ0) is 21.3. The molecule has 1 aliphatic heterocycles. The number of nitrogens with one attached hydrogen (secondary N) is 2. The number of carbonyl (C=O) groups excluding carboxylic acids is 1. The first-order valence-electron chi connectivity index (χ1n) is 9.78. The van der Waals surface area contributed by atoms with E-state index < -0.39 is 5.97 Å². The monoisotopic (exact) mass is 412 g/mol. The number of amides is 2. The molecule has 0 spiro atoms. The van der Waals surface area contributed by atoms with Crippen LogP contribution in [-0.4, -0.2) is 62.0 Å². The number of piperidine rings is 1. The topological polar surface area (TPSA) is 125 Å². The number of methoxy groups -OCH3 is 1. The lowest BCUT2D eigenvalue weighted by molar-refractivity contribution is -0.138. The van der Waals surface area contributed by atoms with Crippen molar-refractivity contribution in [1.29, 1.82) is 0 Å². The van der Waals surface area contributed by atoms with Crippen LogP contribution in [0.3, 0.4) is 0 Å². The van der Waals surface area contributed by atoms with E-state index in [2.05, 4.69) is 20.4 Å². The smallest absolute Gasteiger partial charge is 0.324 e. The lowest BCUT2D eigenvalue weighted by atomic mass is 9.95. The SMILES string of the molecule is COc1ccc(-c2cnn(C)c2)c2nc(NC(=O)N3CCCC(CC(=O)O)C3)[nH]c12. The quantitative estimate of drug-likeness (QED) is 0.592. The van der Waals surface area contributed by atoms with Gasteiger partial charge in [0.25, 0.3) is 0 Å². The van der Waals surface area contributed by atoms with Crippen molar-refractivity contribution in [2.75, 3.05) is 25.5 Å². The number of anilines is 1. The molecule has 1 aliphatic rings. The molecule has 1 unspecified atom stereocenters. The number of carbonyl (C=O) groups is 2. The third-order valence-electron chi connectivity index (χ3n) is 5.34. The van der Waals surface area contributed by atoms with Crippen molar-refractivity contribution in [2.24, 2.45) is 13.0 Å². The first-order valence-corrected chi connectivity index (χ1v) is 9.78. The van der Waals surface area contributed by atoms with E-state index in [9.17, 15) is 9.59 Å². The first-order chi connectivity index (χ1) is 14.4. The van der Waals surface area contributed by atoms with Gasteiger partial charge < -0.3 is 19.7 Å². The Balaban J connectivity index is 1.58. The third kappa shape index (κ3) is 3.93. The van der Waals surface area contributed by atoms with Crippen LogP contribution in [-0.2, 0) is 11.8 Å². The number of hydrogen-bond donors (Lipinski definition) is 3. The minimum Gasteiger partial charge on any atom is -0.494 e. The van der Waals surface area contributed by atoms with Gasteiger partial charge in [0, 0.05) is 43.9 Å². The van der Waals surface area contributed by atoms with Gasteiger partial charge in [0.05, 0.1) is 13.3 Å². The predicted molar refractivity (Wildman–Crippen MR) is 110 cm³/mol. The van der Waals surface area contributed by atoms with Crippen molar-refractivity contribution in [2.45, 2.75) is 19.3 Å². The number of rotatable bonds is 5. The highest BCUT2D eigenvalue weighted by molar-refractivity contribution is 5.98. The van der Waals surface area contributed by atoms with Gasteiger partial charge in [0.1, 0.15) is 16.8 Å². The summed E-state index contributed by atoms with van der Waals surface area (Å²) in [5.41, 5.74) is 3.12. The molecular weight excluding hydrogens is 388 g/mol. The Morgan fingerprint density at radius 2 is 2.23 bits per heavy atom. The van der Waals surface area contributed by atoms with E-state index in [0.717, 1.165) is 24.0 Å². The number of fused-ring (bicyclic) bond motifs is 1. The second-order valence-corrected chi connectivity index (χ2v) is 7.51. The second kappa shape index (κ2) is 8.05. The number of hydrogen-bond acceptors (Lipinski definition) is 5. The molecule has 30 heavy (non-hydrogen) atoms. The molecular formula is C20H24N6O4. The molecule has 1 atom stereocenters. The maximum Gasteiger partial charge on any atom is 0.324 e. The molecule has 10 heteroatoms. The van der Waals surface area contributed by atoms with Crippen molar-refractivity contribution >= 4 is 29.0 Å². The minimum absolute atomic E-state index is 0.0325. The number of aromatic nitrogens is 4. The summed E-state index contributed by atoms with van der Waals surface area (Å²) in [6, 6.07) is 3.45. The Kier molecular flexibility index (Phi) is 5.30. The summed E-state index contributed by atoms with van der Waals surface area (Å²) in [5.74, 6) is 0.0552. The Hall–Kier alpha value is -3.56. The molecule has 0 saturated carbocycles. The fraction of sp³-hybridized carbons (Fsp3) is 0.400. The number of imidazole rings is 1. The molecule has 0 bridgehead atoms. The standard InChI is InChI=1S/C20H24N6O4/c1-25-11-13(9-21-25)14-5-6-15(30-2)18-17(14)22-19(23-18)24-20(29)26-7-3-4-12(10-26)8-16(27)28/h5-6,9,11-12H,3-4,7-8,10H2,1-2H3,(H,27,28)(H2,22,23,24,29). The van der Waals surface area contributed by atoms with Crippen LogP contribution in [0, 0.1) is 5.92 Å². The minimum atomic E-state index is -0.838. The van der Waals surface area contributed by atoms with Gasteiger partial charge >= 0.3 is 12.0 Å². The number of aromatic amines is 1. The molecule has 3 N–H and O–H groups in total. The van der Waals surface area contributed by atoms with Crippen molar-refractivity contribution in [3.63, 3.8) is 0 Å². The molecule has 1 saturated heterocycles. The number of ether oxygens (including phenoxy) is 1. The third-order valence-corrected chi connectivity index (χ3v) is 5.34. The molecule has 158 valence electrons. The number of aliphatic carboxylic acids is 1. The maximum atomic E-state index is 12.8.